The van der Waals surface area contributed by atoms with Gasteiger partial charge in [0.25, 0.3) is 0 Å². The Balaban J connectivity index is 1.51. The second kappa shape index (κ2) is 6.26. The summed E-state index contributed by atoms with van der Waals surface area (Å²) in [4.78, 5) is 19.7. The molecule has 3 rings (SSSR count). The predicted molar refractivity (Wildman–Crippen MR) is 83.2 cm³/mol. The topological polar surface area (TPSA) is 69.8 Å². The standard InChI is InChI=1S/C16H22N4O/c1-11-4-2-6-13-16(11)20-14(19-13)7-8-15(21)18-10-12-5-3-9-17-12/h2,4,6,12,17H,3,5,7-10H2,1H3,(H,18,21)(H,19,20). The lowest BCUT2D eigenvalue weighted by Crippen LogP contribution is -2.37. The van der Waals surface area contributed by atoms with Gasteiger partial charge >= 0.3 is 0 Å². The summed E-state index contributed by atoms with van der Waals surface area (Å²) >= 11 is 0. The van der Waals surface area contributed by atoms with Crippen molar-refractivity contribution in [3.05, 3.63) is 29.6 Å². The number of carbonyl (C=O) groups excluding carboxylic acids is 1. The largest absolute Gasteiger partial charge is 0.355 e. The van der Waals surface area contributed by atoms with Gasteiger partial charge in [0.2, 0.25) is 5.91 Å². The van der Waals surface area contributed by atoms with Gasteiger partial charge in [-0.2, -0.15) is 0 Å². The lowest BCUT2D eigenvalue weighted by atomic mass is 10.2. The Morgan fingerprint density at radius 3 is 3.14 bits per heavy atom. The molecular weight excluding hydrogens is 264 g/mol. The second-order valence-corrected chi connectivity index (χ2v) is 5.75. The molecule has 1 aromatic heterocycles. The number of aryl methyl sites for hydroxylation is 2. The highest BCUT2D eigenvalue weighted by molar-refractivity contribution is 5.79. The van der Waals surface area contributed by atoms with Crippen LogP contribution in [-0.2, 0) is 11.2 Å². The third-order valence-corrected chi connectivity index (χ3v) is 4.06. The average Bonchev–Trinajstić information content (AvgIpc) is 3.12. The Hall–Kier alpha value is -1.88. The average molecular weight is 286 g/mol. The van der Waals surface area contributed by atoms with E-state index in [0.717, 1.165) is 41.9 Å². The summed E-state index contributed by atoms with van der Waals surface area (Å²) in [5.41, 5.74) is 3.20. The molecule has 1 fully saturated rings. The molecule has 0 saturated carbocycles. The third-order valence-electron chi connectivity index (χ3n) is 4.06. The fraction of sp³-hybridized carbons (Fsp3) is 0.500. The van der Waals surface area contributed by atoms with Crippen LogP contribution in [-0.4, -0.2) is 35.0 Å². The molecule has 0 spiro atoms. The van der Waals surface area contributed by atoms with Crippen molar-refractivity contribution in [3.63, 3.8) is 0 Å². The number of hydrogen-bond donors (Lipinski definition) is 3. The minimum absolute atomic E-state index is 0.0980. The summed E-state index contributed by atoms with van der Waals surface area (Å²) in [5, 5.41) is 6.37. The fourth-order valence-corrected chi connectivity index (χ4v) is 2.83. The number of H-pyrrole nitrogens is 1. The first-order valence-corrected chi connectivity index (χ1v) is 7.66. The monoisotopic (exact) mass is 286 g/mol. The van der Waals surface area contributed by atoms with Gasteiger partial charge in [-0.15, -0.1) is 0 Å². The minimum atomic E-state index is 0.0980. The molecule has 5 heteroatoms. The molecule has 1 atom stereocenters. The first-order chi connectivity index (χ1) is 10.2. The number of imidazole rings is 1. The highest BCUT2D eigenvalue weighted by atomic mass is 16.1. The van der Waals surface area contributed by atoms with E-state index in [4.69, 9.17) is 0 Å². The molecule has 2 aromatic rings. The van der Waals surface area contributed by atoms with Crippen molar-refractivity contribution in [3.8, 4) is 0 Å². The van der Waals surface area contributed by atoms with E-state index in [1.807, 2.05) is 25.1 Å². The summed E-state index contributed by atoms with van der Waals surface area (Å²) < 4.78 is 0. The van der Waals surface area contributed by atoms with Gasteiger partial charge in [-0.3, -0.25) is 4.79 Å². The maximum absolute atomic E-state index is 11.9. The second-order valence-electron chi connectivity index (χ2n) is 5.75. The number of nitrogens with one attached hydrogen (secondary N) is 3. The van der Waals surface area contributed by atoms with E-state index in [9.17, 15) is 4.79 Å². The molecule has 2 heterocycles. The first kappa shape index (κ1) is 14.1. The van der Waals surface area contributed by atoms with Crippen LogP contribution in [0.2, 0.25) is 0 Å². The third kappa shape index (κ3) is 3.42. The number of aromatic nitrogens is 2. The molecule has 21 heavy (non-hydrogen) atoms. The molecule has 1 amide bonds. The molecule has 0 radical (unpaired) electrons. The number of hydrogen-bond acceptors (Lipinski definition) is 3. The number of carbonyl (C=O) groups is 1. The zero-order valence-electron chi connectivity index (χ0n) is 12.4. The van der Waals surface area contributed by atoms with Gasteiger partial charge in [-0.05, 0) is 37.9 Å². The predicted octanol–water partition coefficient (Wildman–Crippen LogP) is 1.67. The van der Waals surface area contributed by atoms with Gasteiger partial charge in [0.05, 0.1) is 11.0 Å². The molecule has 112 valence electrons. The molecule has 0 bridgehead atoms. The van der Waals surface area contributed by atoms with E-state index >= 15 is 0 Å². The molecule has 3 N–H and O–H groups in total. The van der Waals surface area contributed by atoms with Gasteiger partial charge in [-0.1, -0.05) is 12.1 Å². The summed E-state index contributed by atoms with van der Waals surface area (Å²) in [6.45, 7) is 3.85. The van der Waals surface area contributed by atoms with Crippen LogP contribution in [0.15, 0.2) is 18.2 Å². The minimum Gasteiger partial charge on any atom is -0.355 e. The molecule has 1 unspecified atom stereocenters. The molecule has 0 aliphatic carbocycles. The SMILES string of the molecule is Cc1cccc2[nH]c(CCC(=O)NCC3CCCN3)nc12. The van der Waals surface area contributed by atoms with E-state index in [2.05, 4.69) is 20.6 Å². The molecule has 1 aliphatic rings. The Morgan fingerprint density at radius 1 is 1.48 bits per heavy atom. The quantitative estimate of drug-likeness (QED) is 0.783. The normalized spacial score (nSPS) is 18.2. The van der Waals surface area contributed by atoms with Gasteiger partial charge in [0, 0.05) is 25.4 Å². The van der Waals surface area contributed by atoms with Crippen LogP contribution in [0.1, 0.15) is 30.7 Å². The highest BCUT2D eigenvalue weighted by Crippen LogP contribution is 2.16. The Kier molecular flexibility index (Phi) is 4.20. The Bertz CT molecular complexity index is 628. The van der Waals surface area contributed by atoms with Gasteiger partial charge in [0.15, 0.2) is 0 Å². The summed E-state index contributed by atoms with van der Waals surface area (Å²) in [6.07, 6.45) is 3.49. The maximum atomic E-state index is 11.9. The lowest BCUT2D eigenvalue weighted by molar-refractivity contribution is -0.121. The van der Waals surface area contributed by atoms with Crippen molar-refractivity contribution in [1.82, 2.24) is 20.6 Å². The molecule has 1 aromatic carbocycles. The van der Waals surface area contributed by atoms with Crippen LogP contribution in [0.4, 0.5) is 0 Å². The van der Waals surface area contributed by atoms with Crippen LogP contribution in [0.5, 0.6) is 0 Å². The molecule has 1 saturated heterocycles. The Morgan fingerprint density at radius 2 is 2.38 bits per heavy atom. The number of fused-ring (bicyclic) bond motifs is 1. The Labute approximate surface area is 124 Å². The van der Waals surface area contributed by atoms with E-state index in [-0.39, 0.29) is 5.91 Å². The van der Waals surface area contributed by atoms with Crippen LogP contribution in [0, 0.1) is 6.92 Å². The van der Waals surface area contributed by atoms with E-state index in [1.165, 1.54) is 6.42 Å². The summed E-state index contributed by atoms with van der Waals surface area (Å²) in [7, 11) is 0. The van der Waals surface area contributed by atoms with Crippen LogP contribution in [0.3, 0.4) is 0 Å². The highest BCUT2D eigenvalue weighted by Gasteiger charge is 2.14. The van der Waals surface area contributed by atoms with Crippen LogP contribution >= 0.6 is 0 Å². The number of rotatable bonds is 5. The smallest absolute Gasteiger partial charge is 0.220 e. The number of para-hydroxylation sites is 1. The number of aromatic amines is 1. The number of benzene rings is 1. The number of amides is 1. The van der Waals surface area contributed by atoms with Crippen molar-refractivity contribution >= 4 is 16.9 Å². The zero-order valence-corrected chi connectivity index (χ0v) is 12.4. The van der Waals surface area contributed by atoms with Crippen molar-refractivity contribution in [2.24, 2.45) is 0 Å². The molecule has 1 aliphatic heterocycles. The summed E-state index contributed by atoms with van der Waals surface area (Å²) in [5.74, 6) is 0.981. The fourth-order valence-electron chi connectivity index (χ4n) is 2.83. The maximum Gasteiger partial charge on any atom is 0.220 e. The van der Waals surface area contributed by atoms with Gasteiger partial charge in [0.1, 0.15) is 5.82 Å². The van der Waals surface area contributed by atoms with Crippen LogP contribution < -0.4 is 10.6 Å². The van der Waals surface area contributed by atoms with E-state index in [1.54, 1.807) is 0 Å². The lowest BCUT2D eigenvalue weighted by Gasteiger charge is -2.10. The molecule has 5 nitrogen and oxygen atoms in total. The van der Waals surface area contributed by atoms with Crippen molar-refractivity contribution in [2.75, 3.05) is 13.1 Å². The van der Waals surface area contributed by atoms with Crippen molar-refractivity contribution < 1.29 is 4.79 Å². The zero-order chi connectivity index (χ0) is 14.7. The number of nitrogens with zero attached hydrogens (tertiary/aromatic N) is 1. The van der Waals surface area contributed by atoms with E-state index < -0.39 is 0 Å². The first-order valence-electron chi connectivity index (χ1n) is 7.66. The van der Waals surface area contributed by atoms with Gasteiger partial charge < -0.3 is 15.6 Å². The molecular formula is C16H22N4O. The van der Waals surface area contributed by atoms with E-state index in [0.29, 0.717) is 18.9 Å². The van der Waals surface area contributed by atoms with Crippen molar-refractivity contribution in [1.29, 1.82) is 0 Å². The summed E-state index contributed by atoms with van der Waals surface area (Å²) in [6, 6.07) is 6.53. The van der Waals surface area contributed by atoms with Gasteiger partial charge in [-0.25, -0.2) is 4.98 Å². The van der Waals surface area contributed by atoms with Crippen molar-refractivity contribution in [2.45, 2.75) is 38.6 Å². The van der Waals surface area contributed by atoms with Crippen LogP contribution in [0.25, 0.3) is 11.0 Å².